The molecule has 0 heterocycles. The Bertz CT molecular complexity index is 108. The maximum absolute atomic E-state index is 9.89. The molecule has 0 unspecified atom stereocenters. The molecule has 0 bridgehead atoms. The smallest absolute Gasteiger partial charge is 0.116 e. The van der Waals surface area contributed by atoms with Crippen molar-refractivity contribution in [2.75, 3.05) is 6.54 Å². The summed E-state index contributed by atoms with van der Waals surface area (Å²) in [7, 11) is 0. The SMILES string of the molecule is CCCNC1(O)CCCCC1. The number of hydrogen-bond donors (Lipinski definition) is 2. The lowest BCUT2D eigenvalue weighted by molar-refractivity contribution is -0.0274. The molecule has 66 valence electrons. The zero-order valence-electron chi connectivity index (χ0n) is 7.40. The summed E-state index contributed by atoms with van der Waals surface area (Å²) >= 11 is 0. The molecule has 1 fully saturated rings. The van der Waals surface area contributed by atoms with Gasteiger partial charge in [0.05, 0.1) is 0 Å². The zero-order chi connectivity index (χ0) is 8.16. The molecule has 0 aromatic heterocycles. The molecule has 1 aliphatic rings. The van der Waals surface area contributed by atoms with Gasteiger partial charge in [-0.1, -0.05) is 13.3 Å². The average molecular weight is 157 g/mol. The van der Waals surface area contributed by atoms with Crippen LogP contribution in [0.5, 0.6) is 0 Å². The Morgan fingerprint density at radius 1 is 1.27 bits per heavy atom. The normalized spacial score (nSPS) is 23.5. The van der Waals surface area contributed by atoms with Crippen molar-refractivity contribution in [2.24, 2.45) is 0 Å². The van der Waals surface area contributed by atoms with Crippen LogP contribution < -0.4 is 5.32 Å². The highest BCUT2D eigenvalue weighted by Gasteiger charge is 2.27. The molecule has 1 rings (SSSR count). The van der Waals surface area contributed by atoms with Crippen LogP contribution in [-0.2, 0) is 0 Å². The summed E-state index contributed by atoms with van der Waals surface area (Å²) < 4.78 is 0. The van der Waals surface area contributed by atoms with Crippen LogP contribution in [0, 0.1) is 0 Å². The minimum absolute atomic E-state index is 0.520. The van der Waals surface area contributed by atoms with Gasteiger partial charge in [0.1, 0.15) is 5.72 Å². The van der Waals surface area contributed by atoms with Crippen LogP contribution in [0.3, 0.4) is 0 Å². The van der Waals surface area contributed by atoms with E-state index in [2.05, 4.69) is 12.2 Å². The lowest BCUT2D eigenvalue weighted by Gasteiger charge is -2.32. The molecule has 2 nitrogen and oxygen atoms in total. The van der Waals surface area contributed by atoms with E-state index in [4.69, 9.17) is 0 Å². The van der Waals surface area contributed by atoms with Gasteiger partial charge in [0, 0.05) is 0 Å². The molecule has 2 N–H and O–H groups in total. The first-order valence-corrected chi connectivity index (χ1v) is 4.74. The van der Waals surface area contributed by atoms with Gasteiger partial charge in [-0.2, -0.15) is 0 Å². The number of hydrogen-bond acceptors (Lipinski definition) is 2. The van der Waals surface area contributed by atoms with Gasteiger partial charge in [0.15, 0.2) is 0 Å². The Labute approximate surface area is 69.0 Å². The van der Waals surface area contributed by atoms with Gasteiger partial charge in [-0.25, -0.2) is 0 Å². The van der Waals surface area contributed by atoms with Gasteiger partial charge in [0.2, 0.25) is 0 Å². The summed E-state index contributed by atoms with van der Waals surface area (Å²) in [6, 6.07) is 0. The minimum Gasteiger partial charge on any atom is -0.376 e. The van der Waals surface area contributed by atoms with E-state index in [0.29, 0.717) is 0 Å². The summed E-state index contributed by atoms with van der Waals surface area (Å²) in [6.07, 6.45) is 6.61. The number of aliphatic hydroxyl groups is 1. The fourth-order valence-corrected chi connectivity index (χ4v) is 1.67. The van der Waals surface area contributed by atoms with Crippen LogP contribution in [0.1, 0.15) is 45.4 Å². The van der Waals surface area contributed by atoms with E-state index in [1.165, 1.54) is 19.3 Å². The molecule has 0 aliphatic heterocycles. The first-order valence-electron chi connectivity index (χ1n) is 4.74. The van der Waals surface area contributed by atoms with Gasteiger partial charge in [-0.3, -0.25) is 5.32 Å². The van der Waals surface area contributed by atoms with E-state index < -0.39 is 5.72 Å². The highest BCUT2D eigenvalue weighted by Crippen LogP contribution is 2.25. The predicted octanol–water partition coefficient (Wildman–Crippen LogP) is 1.64. The molecule has 1 saturated carbocycles. The van der Waals surface area contributed by atoms with Crippen molar-refractivity contribution >= 4 is 0 Å². The monoisotopic (exact) mass is 157 g/mol. The molecular formula is C9H19NO. The standard InChI is InChI=1S/C9H19NO/c1-2-8-10-9(11)6-4-3-5-7-9/h10-11H,2-8H2,1H3. The summed E-state index contributed by atoms with van der Waals surface area (Å²) in [5.74, 6) is 0. The minimum atomic E-state index is -0.520. The van der Waals surface area contributed by atoms with Crippen LogP contribution in [0.2, 0.25) is 0 Å². The highest BCUT2D eigenvalue weighted by atomic mass is 16.3. The third kappa shape index (κ3) is 2.80. The number of rotatable bonds is 3. The lowest BCUT2D eigenvalue weighted by Crippen LogP contribution is -2.46. The molecular weight excluding hydrogens is 138 g/mol. The van der Waals surface area contributed by atoms with Gasteiger partial charge in [-0.05, 0) is 38.6 Å². The molecule has 2 heteroatoms. The van der Waals surface area contributed by atoms with Crippen molar-refractivity contribution in [2.45, 2.75) is 51.2 Å². The third-order valence-corrected chi connectivity index (χ3v) is 2.38. The fraction of sp³-hybridized carbons (Fsp3) is 1.00. The largest absolute Gasteiger partial charge is 0.376 e. The second-order valence-corrected chi connectivity index (χ2v) is 3.52. The van der Waals surface area contributed by atoms with Crippen molar-refractivity contribution in [3.8, 4) is 0 Å². The molecule has 0 atom stereocenters. The van der Waals surface area contributed by atoms with Gasteiger partial charge < -0.3 is 5.11 Å². The Morgan fingerprint density at radius 3 is 2.45 bits per heavy atom. The van der Waals surface area contributed by atoms with Crippen LogP contribution >= 0.6 is 0 Å². The molecule has 0 aromatic rings. The molecule has 0 amide bonds. The summed E-state index contributed by atoms with van der Waals surface area (Å²) in [6.45, 7) is 3.07. The van der Waals surface area contributed by atoms with Crippen LogP contribution in [-0.4, -0.2) is 17.4 Å². The van der Waals surface area contributed by atoms with E-state index in [1.807, 2.05) is 0 Å². The average Bonchev–Trinajstić information content (AvgIpc) is 2.03. The fourth-order valence-electron chi connectivity index (χ4n) is 1.67. The predicted molar refractivity (Wildman–Crippen MR) is 46.3 cm³/mol. The summed E-state index contributed by atoms with van der Waals surface area (Å²) in [5.41, 5.74) is -0.520. The first-order chi connectivity index (χ1) is 5.27. The van der Waals surface area contributed by atoms with Crippen molar-refractivity contribution in [1.29, 1.82) is 0 Å². The van der Waals surface area contributed by atoms with Crippen LogP contribution in [0.25, 0.3) is 0 Å². The molecule has 1 aliphatic carbocycles. The zero-order valence-corrected chi connectivity index (χ0v) is 7.40. The first kappa shape index (κ1) is 9.01. The van der Waals surface area contributed by atoms with Gasteiger partial charge in [0.25, 0.3) is 0 Å². The molecule has 11 heavy (non-hydrogen) atoms. The van der Waals surface area contributed by atoms with E-state index in [1.54, 1.807) is 0 Å². The molecule has 0 radical (unpaired) electrons. The molecule has 0 saturated heterocycles. The topological polar surface area (TPSA) is 32.3 Å². The second kappa shape index (κ2) is 4.07. The lowest BCUT2D eigenvalue weighted by atomic mass is 9.92. The van der Waals surface area contributed by atoms with E-state index >= 15 is 0 Å². The Balaban J connectivity index is 2.25. The molecule has 0 aromatic carbocycles. The van der Waals surface area contributed by atoms with Crippen molar-refractivity contribution in [3.63, 3.8) is 0 Å². The highest BCUT2D eigenvalue weighted by molar-refractivity contribution is 4.79. The summed E-state index contributed by atoms with van der Waals surface area (Å²) in [4.78, 5) is 0. The third-order valence-electron chi connectivity index (χ3n) is 2.38. The van der Waals surface area contributed by atoms with Crippen LogP contribution in [0.15, 0.2) is 0 Å². The molecule has 0 spiro atoms. The van der Waals surface area contributed by atoms with Crippen LogP contribution in [0.4, 0.5) is 0 Å². The Hall–Kier alpha value is -0.0800. The van der Waals surface area contributed by atoms with Crippen molar-refractivity contribution in [1.82, 2.24) is 5.32 Å². The van der Waals surface area contributed by atoms with E-state index in [9.17, 15) is 5.11 Å². The van der Waals surface area contributed by atoms with Gasteiger partial charge >= 0.3 is 0 Å². The maximum Gasteiger partial charge on any atom is 0.116 e. The number of nitrogens with one attached hydrogen (secondary N) is 1. The van der Waals surface area contributed by atoms with E-state index in [0.717, 1.165) is 25.8 Å². The van der Waals surface area contributed by atoms with Gasteiger partial charge in [-0.15, -0.1) is 0 Å². The Morgan fingerprint density at radius 2 is 1.91 bits per heavy atom. The maximum atomic E-state index is 9.89. The second-order valence-electron chi connectivity index (χ2n) is 3.52. The summed E-state index contributed by atoms with van der Waals surface area (Å²) in [5, 5.41) is 13.1. The van der Waals surface area contributed by atoms with Crippen molar-refractivity contribution in [3.05, 3.63) is 0 Å². The van der Waals surface area contributed by atoms with E-state index in [-0.39, 0.29) is 0 Å². The van der Waals surface area contributed by atoms with Crippen molar-refractivity contribution < 1.29 is 5.11 Å². The Kier molecular flexibility index (Phi) is 3.34. The quantitative estimate of drug-likeness (QED) is 0.610.